The molecule has 1 fully saturated rings. The highest BCUT2D eigenvalue weighted by Crippen LogP contribution is 2.15. The van der Waals surface area contributed by atoms with Gasteiger partial charge in [0.05, 0.1) is 25.9 Å². The summed E-state index contributed by atoms with van der Waals surface area (Å²) in [5, 5.41) is 0. The number of carbonyl (C=O) groups excluding carboxylic acids is 1. The molecule has 0 spiro atoms. The minimum absolute atomic E-state index is 0.0230. The summed E-state index contributed by atoms with van der Waals surface area (Å²) in [6.45, 7) is 4.79. The lowest BCUT2D eigenvalue weighted by Gasteiger charge is -2.27. The van der Waals surface area contributed by atoms with Crippen molar-refractivity contribution in [3.05, 3.63) is 65.2 Å². The van der Waals surface area contributed by atoms with E-state index in [0.717, 1.165) is 11.3 Å². The van der Waals surface area contributed by atoms with Crippen molar-refractivity contribution in [1.82, 2.24) is 4.90 Å². The van der Waals surface area contributed by atoms with Gasteiger partial charge >= 0.3 is 0 Å². The molecule has 3 rings (SSSR count). The first-order valence-electron chi connectivity index (χ1n) is 8.85. The number of hydrogen-bond donors (Lipinski definition) is 0. The fourth-order valence-corrected chi connectivity index (χ4v) is 2.80. The van der Waals surface area contributed by atoms with Crippen LogP contribution in [0.3, 0.4) is 0 Å². The number of benzene rings is 2. The van der Waals surface area contributed by atoms with E-state index in [1.807, 2.05) is 55.5 Å². The van der Waals surface area contributed by atoms with E-state index in [4.69, 9.17) is 14.2 Å². The first-order valence-corrected chi connectivity index (χ1v) is 8.85. The molecule has 2 aromatic rings. The van der Waals surface area contributed by atoms with Gasteiger partial charge in [-0.05, 0) is 36.8 Å². The van der Waals surface area contributed by atoms with Crippen LogP contribution in [0.2, 0.25) is 0 Å². The van der Waals surface area contributed by atoms with E-state index in [1.54, 1.807) is 11.9 Å². The number of rotatable bonds is 6. The third-order valence-corrected chi connectivity index (χ3v) is 4.34. The summed E-state index contributed by atoms with van der Waals surface area (Å²) in [6, 6.07) is 15.5. The molecule has 2 aromatic carbocycles. The summed E-state index contributed by atoms with van der Waals surface area (Å²) < 4.78 is 16.7. The number of nitrogens with zero attached hydrogens (tertiary/aromatic N) is 1. The number of amides is 1. The lowest BCUT2D eigenvalue weighted by Crippen LogP contribution is -2.40. The first-order chi connectivity index (χ1) is 12.6. The molecule has 1 heterocycles. The summed E-state index contributed by atoms with van der Waals surface area (Å²) in [5.74, 6) is 0.815. The van der Waals surface area contributed by atoms with E-state index in [1.165, 1.54) is 5.56 Å². The van der Waals surface area contributed by atoms with E-state index in [9.17, 15) is 4.79 Å². The molecule has 5 nitrogen and oxygen atoms in total. The van der Waals surface area contributed by atoms with Gasteiger partial charge in [-0.25, -0.2) is 0 Å². The Bertz CT molecular complexity index is 706. The van der Waals surface area contributed by atoms with E-state index < -0.39 is 0 Å². The molecule has 0 aromatic heterocycles. The molecule has 1 aliphatic heterocycles. The number of likely N-dealkylation sites (N-methyl/N-ethyl adjacent to an activating group) is 1. The standard InChI is InChI=1S/C21H25NO4/c1-16-3-9-19(10-4-16)26-14-17-5-7-18(8-6-17)21(23)22(2)13-20-15-24-11-12-25-20/h3-10,20H,11-15H2,1-2H3/t20-/m1/s1. The summed E-state index contributed by atoms with van der Waals surface area (Å²) in [4.78, 5) is 14.2. The van der Waals surface area contributed by atoms with Crippen molar-refractivity contribution in [2.75, 3.05) is 33.4 Å². The molecule has 1 aliphatic rings. The van der Waals surface area contributed by atoms with E-state index in [2.05, 4.69) is 0 Å². The predicted octanol–water partition coefficient (Wildman–Crippen LogP) is 3.06. The zero-order valence-corrected chi connectivity index (χ0v) is 15.3. The Morgan fingerprint density at radius 2 is 1.85 bits per heavy atom. The largest absolute Gasteiger partial charge is 0.489 e. The van der Waals surface area contributed by atoms with Crippen molar-refractivity contribution < 1.29 is 19.0 Å². The van der Waals surface area contributed by atoms with Crippen LogP contribution in [-0.4, -0.2) is 50.3 Å². The Kier molecular flexibility index (Phi) is 6.26. The summed E-state index contributed by atoms with van der Waals surface area (Å²) in [7, 11) is 1.79. The molecule has 0 unspecified atom stereocenters. The second-order valence-electron chi connectivity index (χ2n) is 6.55. The molecule has 0 N–H and O–H groups in total. The highest BCUT2D eigenvalue weighted by Gasteiger charge is 2.20. The maximum Gasteiger partial charge on any atom is 0.253 e. The molecule has 1 saturated heterocycles. The van der Waals surface area contributed by atoms with Crippen LogP contribution in [0.5, 0.6) is 5.75 Å². The van der Waals surface area contributed by atoms with Gasteiger partial charge in [0, 0.05) is 19.2 Å². The van der Waals surface area contributed by atoms with Gasteiger partial charge in [-0.2, -0.15) is 0 Å². The summed E-state index contributed by atoms with van der Waals surface area (Å²) >= 11 is 0. The molecule has 1 amide bonds. The number of ether oxygens (including phenoxy) is 3. The van der Waals surface area contributed by atoms with Gasteiger partial charge in [0.15, 0.2) is 0 Å². The lowest BCUT2D eigenvalue weighted by atomic mass is 10.1. The number of hydrogen-bond acceptors (Lipinski definition) is 4. The zero-order valence-electron chi connectivity index (χ0n) is 15.3. The van der Waals surface area contributed by atoms with Crippen molar-refractivity contribution in [2.45, 2.75) is 19.6 Å². The molecule has 0 aliphatic carbocycles. The third kappa shape index (κ3) is 5.07. The van der Waals surface area contributed by atoms with Crippen LogP contribution in [0.4, 0.5) is 0 Å². The molecule has 5 heteroatoms. The monoisotopic (exact) mass is 355 g/mol. The summed E-state index contributed by atoms with van der Waals surface area (Å²) in [5.41, 5.74) is 2.88. The topological polar surface area (TPSA) is 48.0 Å². The molecule has 138 valence electrons. The summed E-state index contributed by atoms with van der Waals surface area (Å²) in [6.07, 6.45) is -0.0557. The minimum atomic E-state index is -0.0557. The number of carbonyl (C=O) groups is 1. The fourth-order valence-electron chi connectivity index (χ4n) is 2.80. The molecular formula is C21H25NO4. The second kappa shape index (κ2) is 8.83. The lowest BCUT2D eigenvalue weighted by molar-refractivity contribution is -0.0933. The Labute approximate surface area is 154 Å². The average Bonchev–Trinajstić information content (AvgIpc) is 2.68. The molecule has 1 atom stereocenters. The van der Waals surface area contributed by atoms with Crippen molar-refractivity contribution in [3.8, 4) is 5.75 Å². The average molecular weight is 355 g/mol. The molecule has 0 bridgehead atoms. The third-order valence-electron chi connectivity index (χ3n) is 4.34. The fraction of sp³-hybridized carbons (Fsp3) is 0.381. The van der Waals surface area contributed by atoms with E-state index in [0.29, 0.717) is 38.5 Å². The maximum absolute atomic E-state index is 12.5. The van der Waals surface area contributed by atoms with Crippen LogP contribution < -0.4 is 4.74 Å². The van der Waals surface area contributed by atoms with Crippen molar-refractivity contribution in [3.63, 3.8) is 0 Å². The van der Waals surface area contributed by atoms with Gasteiger partial charge in [-0.15, -0.1) is 0 Å². The predicted molar refractivity (Wildman–Crippen MR) is 99.5 cm³/mol. The Hall–Kier alpha value is -2.37. The van der Waals surface area contributed by atoms with Gasteiger partial charge in [-0.3, -0.25) is 4.79 Å². The molecular weight excluding hydrogens is 330 g/mol. The van der Waals surface area contributed by atoms with Gasteiger partial charge in [0.1, 0.15) is 12.4 Å². The van der Waals surface area contributed by atoms with Gasteiger partial charge < -0.3 is 19.1 Å². The van der Waals surface area contributed by atoms with Crippen molar-refractivity contribution >= 4 is 5.91 Å². The Morgan fingerprint density at radius 3 is 2.50 bits per heavy atom. The minimum Gasteiger partial charge on any atom is -0.489 e. The quantitative estimate of drug-likeness (QED) is 0.799. The molecule has 0 radical (unpaired) electrons. The van der Waals surface area contributed by atoms with Gasteiger partial charge in [-0.1, -0.05) is 29.8 Å². The maximum atomic E-state index is 12.5. The second-order valence-corrected chi connectivity index (χ2v) is 6.55. The number of aryl methyl sites for hydroxylation is 1. The van der Waals surface area contributed by atoms with Crippen molar-refractivity contribution in [2.24, 2.45) is 0 Å². The first kappa shape index (κ1) is 18.4. The van der Waals surface area contributed by atoms with Gasteiger partial charge in [0.2, 0.25) is 0 Å². The smallest absolute Gasteiger partial charge is 0.253 e. The van der Waals surface area contributed by atoms with Crippen LogP contribution in [-0.2, 0) is 16.1 Å². The van der Waals surface area contributed by atoms with Crippen LogP contribution >= 0.6 is 0 Å². The van der Waals surface area contributed by atoms with Crippen LogP contribution in [0.15, 0.2) is 48.5 Å². The van der Waals surface area contributed by atoms with Gasteiger partial charge in [0.25, 0.3) is 5.91 Å². The molecule has 26 heavy (non-hydrogen) atoms. The zero-order chi connectivity index (χ0) is 18.4. The normalized spacial score (nSPS) is 16.9. The van der Waals surface area contributed by atoms with E-state index >= 15 is 0 Å². The van der Waals surface area contributed by atoms with Crippen molar-refractivity contribution in [1.29, 1.82) is 0 Å². The van der Waals surface area contributed by atoms with Crippen LogP contribution in [0.1, 0.15) is 21.5 Å². The van der Waals surface area contributed by atoms with E-state index in [-0.39, 0.29) is 12.0 Å². The highest BCUT2D eigenvalue weighted by molar-refractivity contribution is 5.94. The SMILES string of the molecule is Cc1ccc(OCc2ccc(C(=O)N(C)C[C@@H]3COCCO3)cc2)cc1. The highest BCUT2D eigenvalue weighted by atomic mass is 16.6. The molecule has 0 saturated carbocycles. The van der Waals surface area contributed by atoms with Crippen LogP contribution in [0.25, 0.3) is 0 Å². The Balaban J connectivity index is 1.52. The Morgan fingerprint density at radius 1 is 1.12 bits per heavy atom. The van der Waals surface area contributed by atoms with Crippen LogP contribution in [0, 0.1) is 6.92 Å².